The Labute approximate surface area is 135 Å². The molecule has 0 bridgehead atoms. The van der Waals surface area contributed by atoms with E-state index < -0.39 is 23.9 Å². The quantitative estimate of drug-likeness (QED) is 0.518. The molecule has 126 valence electrons. The maximum absolute atomic E-state index is 12.3. The fourth-order valence-electron chi connectivity index (χ4n) is 1.81. The SMILES string of the molecule is C[C@H](N)C(=O)N[C@@H](CN(C)C)C(=O)Nc1ccc(C(N)=O)cc1. The minimum atomic E-state index is -0.751. The molecule has 0 aliphatic rings. The molecule has 0 fully saturated rings. The van der Waals surface area contributed by atoms with Crippen LogP contribution < -0.4 is 22.1 Å². The first-order chi connectivity index (χ1) is 10.7. The average molecular weight is 321 g/mol. The predicted molar refractivity (Wildman–Crippen MR) is 87.7 cm³/mol. The van der Waals surface area contributed by atoms with Gasteiger partial charge in [-0.2, -0.15) is 0 Å². The molecule has 0 radical (unpaired) electrons. The summed E-state index contributed by atoms with van der Waals surface area (Å²) < 4.78 is 0. The van der Waals surface area contributed by atoms with Crippen molar-refractivity contribution in [2.24, 2.45) is 11.5 Å². The summed E-state index contributed by atoms with van der Waals surface area (Å²) in [5, 5.41) is 5.29. The van der Waals surface area contributed by atoms with Crippen LogP contribution in [-0.2, 0) is 9.59 Å². The summed E-state index contributed by atoms with van der Waals surface area (Å²) in [6.07, 6.45) is 0. The molecule has 0 spiro atoms. The fraction of sp³-hybridized carbons (Fsp3) is 0.400. The third kappa shape index (κ3) is 6.05. The Morgan fingerprint density at radius 2 is 1.70 bits per heavy atom. The third-order valence-corrected chi connectivity index (χ3v) is 3.03. The molecule has 2 atom stereocenters. The molecular formula is C15H23N5O3. The molecule has 0 aliphatic carbocycles. The summed E-state index contributed by atoms with van der Waals surface area (Å²) >= 11 is 0. The molecule has 3 amide bonds. The predicted octanol–water partition coefficient (Wildman–Crippen LogP) is -0.882. The van der Waals surface area contributed by atoms with Crippen molar-refractivity contribution in [3.8, 4) is 0 Å². The standard InChI is InChI=1S/C15H23N5O3/c1-9(16)14(22)19-12(8-20(2)3)15(23)18-11-6-4-10(5-7-11)13(17)21/h4-7,9,12H,8,16H2,1-3H3,(H2,17,21)(H,18,23)(H,19,22)/t9-,12-/m0/s1. The van der Waals surface area contributed by atoms with E-state index in [0.717, 1.165) is 0 Å². The number of nitrogens with one attached hydrogen (secondary N) is 2. The van der Waals surface area contributed by atoms with E-state index >= 15 is 0 Å². The van der Waals surface area contributed by atoms with Crippen molar-refractivity contribution in [2.45, 2.75) is 19.0 Å². The van der Waals surface area contributed by atoms with Crippen molar-refractivity contribution in [1.82, 2.24) is 10.2 Å². The Hall–Kier alpha value is -2.45. The number of likely N-dealkylation sites (N-methyl/N-ethyl adjacent to an activating group) is 1. The van der Waals surface area contributed by atoms with Crippen LogP contribution in [-0.4, -0.2) is 55.3 Å². The van der Waals surface area contributed by atoms with Gasteiger partial charge >= 0.3 is 0 Å². The number of carbonyl (C=O) groups excluding carboxylic acids is 3. The van der Waals surface area contributed by atoms with Crippen molar-refractivity contribution in [2.75, 3.05) is 26.0 Å². The van der Waals surface area contributed by atoms with Gasteiger partial charge in [0.2, 0.25) is 17.7 Å². The second-order valence-corrected chi connectivity index (χ2v) is 5.54. The summed E-state index contributed by atoms with van der Waals surface area (Å²) in [6, 6.07) is 4.70. The zero-order valence-corrected chi connectivity index (χ0v) is 13.5. The van der Waals surface area contributed by atoms with E-state index in [4.69, 9.17) is 11.5 Å². The molecule has 1 rings (SSSR count). The van der Waals surface area contributed by atoms with E-state index in [1.165, 1.54) is 12.1 Å². The van der Waals surface area contributed by atoms with E-state index in [1.54, 1.807) is 38.1 Å². The first kappa shape index (κ1) is 18.6. The van der Waals surface area contributed by atoms with Gasteiger partial charge in [-0.3, -0.25) is 14.4 Å². The van der Waals surface area contributed by atoms with Crippen LogP contribution in [0.5, 0.6) is 0 Å². The maximum Gasteiger partial charge on any atom is 0.248 e. The molecule has 1 aromatic carbocycles. The van der Waals surface area contributed by atoms with Gasteiger partial charge in [-0.25, -0.2) is 0 Å². The zero-order valence-electron chi connectivity index (χ0n) is 13.5. The van der Waals surface area contributed by atoms with Gasteiger partial charge in [-0.05, 0) is 45.3 Å². The van der Waals surface area contributed by atoms with E-state index in [0.29, 0.717) is 17.8 Å². The number of rotatable bonds is 7. The number of hydrogen-bond donors (Lipinski definition) is 4. The average Bonchev–Trinajstić information content (AvgIpc) is 2.46. The van der Waals surface area contributed by atoms with Crippen molar-refractivity contribution >= 4 is 23.4 Å². The van der Waals surface area contributed by atoms with Crippen LogP contribution in [0.3, 0.4) is 0 Å². The van der Waals surface area contributed by atoms with E-state index in [2.05, 4.69) is 10.6 Å². The highest BCUT2D eigenvalue weighted by atomic mass is 16.2. The van der Waals surface area contributed by atoms with Gasteiger partial charge in [0, 0.05) is 17.8 Å². The summed E-state index contributed by atoms with van der Waals surface area (Å²) in [5.74, 6) is -1.33. The monoisotopic (exact) mass is 321 g/mol. The minimum absolute atomic E-state index is 0.323. The van der Waals surface area contributed by atoms with E-state index in [9.17, 15) is 14.4 Å². The zero-order chi connectivity index (χ0) is 17.6. The molecule has 8 heteroatoms. The Bertz CT molecular complexity index is 569. The second-order valence-electron chi connectivity index (χ2n) is 5.54. The Kier molecular flexibility index (Phi) is 6.67. The molecule has 0 unspecified atom stereocenters. The maximum atomic E-state index is 12.3. The second kappa shape index (κ2) is 8.25. The largest absolute Gasteiger partial charge is 0.366 e. The molecular weight excluding hydrogens is 298 g/mol. The highest BCUT2D eigenvalue weighted by Crippen LogP contribution is 2.09. The summed E-state index contributed by atoms with van der Waals surface area (Å²) in [5.41, 5.74) is 11.5. The first-order valence-electron chi connectivity index (χ1n) is 7.12. The van der Waals surface area contributed by atoms with Crippen LogP contribution >= 0.6 is 0 Å². The van der Waals surface area contributed by atoms with Gasteiger partial charge in [-0.15, -0.1) is 0 Å². The van der Waals surface area contributed by atoms with Gasteiger partial charge in [0.15, 0.2) is 0 Å². The fourth-order valence-corrected chi connectivity index (χ4v) is 1.81. The lowest BCUT2D eigenvalue weighted by Gasteiger charge is -2.22. The number of anilines is 1. The van der Waals surface area contributed by atoms with Crippen molar-refractivity contribution in [3.63, 3.8) is 0 Å². The lowest BCUT2D eigenvalue weighted by atomic mass is 10.2. The number of primary amides is 1. The number of amides is 3. The topological polar surface area (TPSA) is 131 Å². The van der Waals surface area contributed by atoms with Gasteiger partial charge in [0.1, 0.15) is 6.04 Å². The van der Waals surface area contributed by atoms with Crippen molar-refractivity contribution < 1.29 is 14.4 Å². The van der Waals surface area contributed by atoms with Crippen LogP contribution in [0.15, 0.2) is 24.3 Å². The van der Waals surface area contributed by atoms with Crippen LogP contribution in [0.4, 0.5) is 5.69 Å². The smallest absolute Gasteiger partial charge is 0.248 e. The summed E-state index contributed by atoms with van der Waals surface area (Å²) in [7, 11) is 3.58. The molecule has 1 aromatic rings. The molecule has 0 aromatic heterocycles. The number of carbonyl (C=O) groups is 3. The Morgan fingerprint density at radius 1 is 1.13 bits per heavy atom. The molecule has 0 heterocycles. The lowest BCUT2D eigenvalue weighted by Crippen LogP contribution is -2.52. The molecule has 0 aliphatic heterocycles. The van der Waals surface area contributed by atoms with E-state index in [-0.39, 0.29) is 5.91 Å². The van der Waals surface area contributed by atoms with Crippen LogP contribution in [0.25, 0.3) is 0 Å². The lowest BCUT2D eigenvalue weighted by molar-refractivity contribution is -0.127. The molecule has 0 saturated carbocycles. The van der Waals surface area contributed by atoms with Crippen molar-refractivity contribution in [1.29, 1.82) is 0 Å². The van der Waals surface area contributed by atoms with Gasteiger partial charge in [0.05, 0.1) is 6.04 Å². The van der Waals surface area contributed by atoms with Crippen LogP contribution in [0, 0.1) is 0 Å². The number of nitrogens with two attached hydrogens (primary N) is 2. The number of nitrogens with zero attached hydrogens (tertiary/aromatic N) is 1. The van der Waals surface area contributed by atoms with E-state index in [1.807, 2.05) is 0 Å². The Morgan fingerprint density at radius 3 is 2.13 bits per heavy atom. The van der Waals surface area contributed by atoms with Gasteiger partial charge < -0.3 is 27.0 Å². The summed E-state index contributed by atoms with van der Waals surface area (Å²) in [4.78, 5) is 36.9. The van der Waals surface area contributed by atoms with Gasteiger partial charge in [0.25, 0.3) is 0 Å². The third-order valence-electron chi connectivity index (χ3n) is 3.03. The highest BCUT2D eigenvalue weighted by molar-refractivity contribution is 5.98. The van der Waals surface area contributed by atoms with Crippen molar-refractivity contribution in [3.05, 3.63) is 29.8 Å². The molecule has 8 nitrogen and oxygen atoms in total. The molecule has 0 saturated heterocycles. The normalized spacial score (nSPS) is 13.3. The van der Waals surface area contributed by atoms with Gasteiger partial charge in [-0.1, -0.05) is 0 Å². The number of benzene rings is 1. The number of hydrogen-bond acceptors (Lipinski definition) is 5. The molecule has 23 heavy (non-hydrogen) atoms. The Balaban J connectivity index is 2.79. The summed E-state index contributed by atoms with van der Waals surface area (Å²) in [6.45, 7) is 1.87. The van der Waals surface area contributed by atoms with Crippen LogP contribution in [0.2, 0.25) is 0 Å². The van der Waals surface area contributed by atoms with Crippen LogP contribution in [0.1, 0.15) is 17.3 Å². The minimum Gasteiger partial charge on any atom is -0.366 e. The molecule has 6 N–H and O–H groups in total. The first-order valence-corrected chi connectivity index (χ1v) is 7.12. The highest BCUT2D eigenvalue weighted by Gasteiger charge is 2.23.